The maximum atomic E-state index is 12.6. The van der Waals surface area contributed by atoms with Crippen LogP contribution in [0, 0.1) is 0 Å². The van der Waals surface area contributed by atoms with Crippen LogP contribution in [0.15, 0.2) is 23.1 Å². The van der Waals surface area contributed by atoms with Gasteiger partial charge >= 0.3 is 5.97 Å². The van der Waals surface area contributed by atoms with E-state index in [4.69, 9.17) is 0 Å². The highest BCUT2D eigenvalue weighted by Crippen LogP contribution is 2.33. The SMILES string of the molecule is CC(C)N1C(=O)c2ccc(C(=O)NC3(C(=O)O)CCSC3)cc2S1(=O)=O. The average Bonchev–Trinajstić information content (AvgIpc) is 3.10. The second-order valence-corrected chi connectivity index (χ2v) is 9.44. The molecule has 2 amide bonds. The molecule has 140 valence electrons. The first-order valence-electron chi connectivity index (χ1n) is 7.97. The van der Waals surface area contributed by atoms with Crippen LogP contribution in [0.1, 0.15) is 41.0 Å². The van der Waals surface area contributed by atoms with Gasteiger partial charge in [0.2, 0.25) is 0 Å². The molecule has 10 heteroatoms. The maximum Gasteiger partial charge on any atom is 0.330 e. The topological polar surface area (TPSA) is 121 Å². The second kappa shape index (κ2) is 6.27. The zero-order valence-electron chi connectivity index (χ0n) is 14.2. The predicted octanol–water partition coefficient (Wildman–Crippen LogP) is 0.930. The van der Waals surface area contributed by atoms with Crippen LogP contribution in [0.4, 0.5) is 0 Å². The zero-order chi connectivity index (χ0) is 19.3. The third-order valence-corrected chi connectivity index (χ3v) is 7.65. The average molecular weight is 398 g/mol. The number of carbonyl (C=O) groups excluding carboxylic acids is 2. The standard InChI is InChI=1S/C16H18N2O6S2/c1-9(2)18-14(20)11-4-3-10(7-12(11)26(18,23)24)13(19)17-16(15(21)22)5-6-25-8-16/h3-4,7,9H,5-6,8H2,1-2H3,(H,17,19)(H,21,22). The molecule has 1 aromatic rings. The molecule has 0 saturated carbocycles. The predicted molar refractivity (Wildman–Crippen MR) is 94.7 cm³/mol. The van der Waals surface area contributed by atoms with Gasteiger partial charge in [-0.2, -0.15) is 11.8 Å². The van der Waals surface area contributed by atoms with E-state index in [1.807, 2.05) is 0 Å². The summed E-state index contributed by atoms with van der Waals surface area (Å²) in [7, 11) is -4.03. The fraction of sp³-hybridized carbons (Fsp3) is 0.438. The molecule has 0 aliphatic carbocycles. The number of carboxylic acids is 1. The minimum Gasteiger partial charge on any atom is -0.479 e. The van der Waals surface area contributed by atoms with Gasteiger partial charge in [0.25, 0.3) is 21.8 Å². The van der Waals surface area contributed by atoms with E-state index < -0.39 is 39.4 Å². The van der Waals surface area contributed by atoms with Gasteiger partial charge in [0, 0.05) is 17.4 Å². The first-order valence-corrected chi connectivity index (χ1v) is 10.6. The van der Waals surface area contributed by atoms with Crippen LogP contribution in [0.5, 0.6) is 0 Å². The fourth-order valence-corrected chi connectivity index (χ4v) is 6.19. The lowest BCUT2D eigenvalue weighted by atomic mass is 9.98. The molecule has 2 heterocycles. The summed E-state index contributed by atoms with van der Waals surface area (Å²) < 4.78 is 26.0. The highest BCUT2D eigenvalue weighted by atomic mass is 32.2. The number of hydrogen-bond acceptors (Lipinski definition) is 6. The summed E-state index contributed by atoms with van der Waals surface area (Å²) in [6, 6.07) is 3.22. The van der Waals surface area contributed by atoms with Crippen molar-refractivity contribution < 1.29 is 27.9 Å². The van der Waals surface area contributed by atoms with Gasteiger partial charge in [-0.1, -0.05) is 0 Å². The first kappa shape index (κ1) is 18.7. The van der Waals surface area contributed by atoms with Crippen LogP contribution in [0.2, 0.25) is 0 Å². The summed E-state index contributed by atoms with van der Waals surface area (Å²) >= 11 is 1.43. The van der Waals surface area contributed by atoms with Crippen molar-refractivity contribution >= 4 is 39.6 Å². The Labute approximate surface area is 155 Å². The number of carbonyl (C=O) groups is 3. The summed E-state index contributed by atoms with van der Waals surface area (Å²) in [5.41, 5.74) is -1.35. The molecule has 1 unspecified atom stereocenters. The summed E-state index contributed by atoms with van der Waals surface area (Å²) in [5, 5.41) is 12.0. The molecule has 2 aliphatic heterocycles. The molecule has 2 N–H and O–H groups in total. The Hall–Kier alpha value is -2.07. The van der Waals surface area contributed by atoms with E-state index in [-0.39, 0.29) is 21.8 Å². The van der Waals surface area contributed by atoms with Crippen LogP contribution in [0.25, 0.3) is 0 Å². The van der Waals surface area contributed by atoms with Crippen molar-refractivity contribution in [3.8, 4) is 0 Å². The normalized spacial score (nSPS) is 24.0. The van der Waals surface area contributed by atoms with Gasteiger partial charge in [-0.3, -0.25) is 9.59 Å². The number of rotatable bonds is 4. The van der Waals surface area contributed by atoms with Crippen LogP contribution < -0.4 is 5.32 Å². The number of hydrogen-bond donors (Lipinski definition) is 2. The molecule has 1 aromatic carbocycles. The lowest BCUT2D eigenvalue weighted by Crippen LogP contribution is -2.54. The monoisotopic (exact) mass is 398 g/mol. The third-order valence-electron chi connectivity index (χ3n) is 4.46. The van der Waals surface area contributed by atoms with Crippen molar-refractivity contribution in [2.45, 2.75) is 36.7 Å². The number of sulfonamides is 1. The third kappa shape index (κ3) is 2.77. The zero-order valence-corrected chi connectivity index (χ0v) is 15.8. The van der Waals surface area contributed by atoms with Crippen LogP contribution in [0.3, 0.4) is 0 Å². The van der Waals surface area contributed by atoms with E-state index in [0.29, 0.717) is 12.2 Å². The number of nitrogens with zero attached hydrogens (tertiary/aromatic N) is 1. The largest absolute Gasteiger partial charge is 0.479 e. The minimum atomic E-state index is -4.03. The molecular formula is C16H18N2O6S2. The Morgan fingerprint density at radius 1 is 1.35 bits per heavy atom. The molecule has 1 fully saturated rings. The van der Waals surface area contributed by atoms with Gasteiger partial charge in [-0.25, -0.2) is 17.5 Å². The second-order valence-electron chi connectivity index (χ2n) is 6.55. The van der Waals surface area contributed by atoms with E-state index in [2.05, 4.69) is 5.32 Å². The van der Waals surface area contributed by atoms with Crippen molar-refractivity contribution in [1.29, 1.82) is 0 Å². The number of amides is 2. The number of thioether (sulfide) groups is 1. The first-order chi connectivity index (χ1) is 12.1. The van der Waals surface area contributed by atoms with Gasteiger partial charge < -0.3 is 10.4 Å². The molecule has 26 heavy (non-hydrogen) atoms. The Kier molecular flexibility index (Phi) is 4.51. The van der Waals surface area contributed by atoms with E-state index >= 15 is 0 Å². The van der Waals surface area contributed by atoms with Crippen molar-refractivity contribution in [3.63, 3.8) is 0 Å². The van der Waals surface area contributed by atoms with Crippen molar-refractivity contribution in [3.05, 3.63) is 29.3 Å². The molecule has 2 aliphatic rings. The van der Waals surface area contributed by atoms with Crippen LogP contribution in [-0.4, -0.2) is 58.7 Å². The van der Waals surface area contributed by atoms with Crippen molar-refractivity contribution in [2.75, 3.05) is 11.5 Å². The molecule has 1 saturated heterocycles. The quantitative estimate of drug-likeness (QED) is 0.774. The lowest BCUT2D eigenvalue weighted by molar-refractivity contribution is -0.143. The molecule has 0 spiro atoms. The summed E-state index contributed by atoms with van der Waals surface area (Å²) in [4.78, 5) is 36.2. The smallest absolute Gasteiger partial charge is 0.330 e. The summed E-state index contributed by atoms with van der Waals surface area (Å²) in [6.07, 6.45) is 0.293. The van der Waals surface area contributed by atoms with E-state index in [1.54, 1.807) is 13.8 Å². The van der Waals surface area contributed by atoms with Gasteiger partial charge in [0.1, 0.15) is 10.4 Å². The van der Waals surface area contributed by atoms with Gasteiger partial charge in [0.05, 0.1) is 5.56 Å². The highest BCUT2D eigenvalue weighted by molar-refractivity contribution is 7.99. The number of carboxylic acid groups (broad SMARTS) is 1. The van der Waals surface area contributed by atoms with Gasteiger partial charge in [-0.05, 0) is 44.2 Å². The van der Waals surface area contributed by atoms with Crippen molar-refractivity contribution in [1.82, 2.24) is 9.62 Å². The van der Waals surface area contributed by atoms with E-state index in [1.165, 1.54) is 23.9 Å². The number of aliphatic carboxylic acids is 1. The van der Waals surface area contributed by atoms with Gasteiger partial charge in [-0.15, -0.1) is 0 Å². The number of nitrogens with one attached hydrogen (secondary N) is 1. The number of benzene rings is 1. The molecule has 8 nitrogen and oxygen atoms in total. The lowest BCUT2D eigenvalue weighted by Gasteiger charge is -2.24. The Morgan fingerprint density at radius 2 is 2.04 bits per heavy atom. The Morgan fingerprint density at radius 3 is 2.58 bits per heavy atom. The molecule has 0 bridgehead atoms. The Bertz CT molecular complexity index is 903. The maximum absolute atomic E-state index is 12.6. The highest BCUT2D eigenvalue weighted by Gasteiger charge is 2.45. The van der Waals surface area contributed by atoms with Crippen LogP contribution >= 0.6 is 11.8 Å². The molecule has 3 rings (SSSR count). The van der Waals surface area contributed by atoms with E-state index in [0.717, 1.165) is 10.4 Å². The van der Waals surface area contributed by atoms with E-state index in [9.17, 15) is 27.9 Å². The summed E-state index contributed by atoms with van der Waals surface area (Å²) in [6.45, 7) is 3.17. The molecular weight excluding hydrogens is 380 g/mol. The minimum absolute atomic E-state index is 0.00301. The van der Waals surface area contributed by atoms with Crippen LogP contribution in [-0.2, 0) is 14.8 Å². The molecule has 1 atom stereocenters. The fourth-order valence-electron chi connectivity index (χ4n) is 3.07. The number of fused-ring (bicyclic) bond motifs is 1. The Balaban J connectivity index is 1.96. The molecule has 0 radical (unpaired) electrons. The van der Waals surface area contributed by atoms with Gasteiger partial charge in [0.15, 0.2) is 0 Å². The summed E-state index contributed by atoms with van der Waals surface area (Å²) in [5.74, 6) is -1.56. The van der Waals surface area contributed by atoms with Crippen molar-refractivity contribution in [2.24, 2.45) is 0 Å². The molecule has 0 aromatic heterocycles.